The average Bonchev–Trinajstić information content (AvgIpc) is 3.10. The Balaban J connectivity index is 1.71. The molecule has 1 saturated heterocycles. The molecular weight excluding hydrogens is 257 g/mol. The molecule has 1 aliphatic heterocycles. The average molecular weight is 275 g/mol. The number of rotatable bonds is 4. The van der Waals surface area contributed by atoms with Crippen molar-refractivity contribution < 1.29 is 13.5 Å². The topological polar surface area (TPSA) is 34.4 Å². The number of nitrogens with one attached hydrogen (secondary N) is 1. The minimum absolute atomic E-state index is 0.207. The van der Waals surface area contributed by atoms with Gasteiger partial charge in [-0.2, -0.15) is 0 Å². The van der Waals surface area contributed by atoms with Crippen LogP contribution in [-0.4, -0.2) is 19.3 Å². The minimum Gasteiger partial charge on any atom is -0.460 e. The lowest BCUT2D eigenvalue weighted by molar-refractivity contribution is 0.189. The molecule has 1 N–H and O–H groups in total. The maximum Gasteiger partial charge on any atom is 0.134 e. The molecule has 0 unspecified atom stereocenters. The van der Waals surface area contributed by atoms with E-state index in [9.17, 15) is 4.39 Å². The molecule has 106 valence electrons. The molecule has 1 aromatic carbocycles. The summed E-state index contributed by atoms with van der Waals surface area (Å²) in [7, 11) is 0. The van der Waals surface area contributed by atoms with Crippen molar-refractivity contribution in [1.29, 1.82) is 0 Å². The van der Waals surface area contributed by atoms with Crippen LogP contribution in [0.25, 0.3) is 11.3 Å². The Morgan fingerprint density at radius 3 is 3.00 bits per heavy atom. The molecule has 2 aromatic rings. The zero-order chi connectivity index (χ0) is 13.9. The van der Waals surface area contributed by atoms with E-state index in [1.807, 2.05) is 18.2 Å². The second-order valence-corrected chi connectivity index (χ2v) is 5.12. The maximum absolute atomic E-state index is 13.6. The van der Waals surface area contributed by atoms with Crippen molar-refractivity contribution in [2.75, 3.05) is 13.2 Å². The van der Waals surface area contributed by atoms with Gasteiger partial charge in [-0.3, -0.25) is 0 Å². The van der Waals surface area contributed by atoms with E-state index in [2.05, 4.69) is 5.32 Å². The van der Waals surface area contributed by atoms with Crippen LogP contribution in [0.2, 0.25) is 0 Å². The summed E-state index contributed by atoms with van der Waals surface area (Å²) in [6.07, 6.45) is 1.04. The lowest BCUT2D eigenvalue weighted by atomic mass is 10.1. The predicted octanol–water partition coefficient (Wildman–Crippen LogP) is 3.27. The number of benzene rings is 1. The Bertz CT molecular complexity index is 588. The molecule has 4 heteroatoms. The molecule has 0 amide bonds. The van der Waals surface area contributed by atoms with Crippen LogP contribution >= 0.6 is 0 Å². The highest BCUT2D eigenvalue weighted by molar-refractivity contribution is 5.62. The lowest BCUT2D eigenvalue weighted by Crippen LogP contribution is -2.28. The molecule has 1 atom stereocenters. The number of hydrogen-bond acceptors (Lipinski definition) is 3. The quantitative estimate of drug-likeness (QED) is 0.930. The van der Waals surface area contributed by atoms with Gasteiger partial charge in [-0.05, 0) is 37.1 Å². The molecule has 1 aromatic heterocycles. The lowest BCUT2D eigenvalue weighted by Gasteiger charge is -2.08. The summed E-state index contributed by atoms with van der Waals surface area (Å²) in [5.74, 6) is 1.36. The van der Waals surface area contributed by atoms with Gasteiger partial charge in [0.1, 0.15) is 17.3 Å². The highest BCUT2D eigenvalue weighted by Crippen LogP contribution is 2.27. The second kappa shape index (κ2) is 5.77. The van der Waals surface area contributed by atoms with Crippen LogP contribution in [0.5, 0.6) is 0 Å². The molecule has 0 saturated carbocycles. The Kier molecular flexibility index (Phi) is 3.85. The molecule has 1 fully saturated rings. The van der Waals surface area contributed by atoms with E-state index in [0.717, 1.165) is 31.0 Å². The largest absolute Gasteiger partial charge is 0.460 e. The summed E-state index contributed by atoms with van der Waals surface area (Å²) in [4.78, 5) is 0. The number of hydrogen-bond donors (Lipinski definition) is 1. The van der Waals surface area contributed by atoms with Gasteiger partial charge < -0.3 is 14.5 Å². The maximum atomic E-state index is 13.6. The molecule has 0 radical (unpaired) electrons. The molecule has 0 bridgehead atoms. The van der Waals surface area contributed by atoms with Crippen LogP contribution in [0.4, 0.5) is 4.39 Å². The fourth-order valence-corrected chi connectivity index (χ4v) is 2.43. The number of furan rings is 1. The first kappa shape index (κ1) is 13.3. The molecule has 0 spiro atoms. The van der Waals surface area contributed by atoms with Crippen LogP contribution in [0.1, 0.15) is 17.7 Å². The van der Waals surface area contributed by atoms with E-state index in [4.69, 9.17) is 9.15 Å². The van der Waals surface area contributed by atoms with Crippen molar-refractivity contribution >= 4 is 0 Å². The fourth-order valence-electron chi connectivity index (χ4n) is 2.43. The molecule has 3 nitrogen and oxygen atoms in total. The van der Waals surface area contributed by atoms with Gasteiger partial charge in [0.05, 0.1) is 13.2 Å². The van der Waals surface area contributed by atoms with Crippen LogP contribution in [0.15, 0.2) is 34.7 Å². The summed E-state index contributed by atoms with van der Waals surface area (Å²) < 4.78 is 24.7. The molecule has 3 rings (SSSR count). The molecule has 1 aliphatic rings. The minimum atomic E-state index is -0.207. The van der Waals surface area contributed by atoms with E-state index >= 15 is 0 Å². The molecule has 20 heavy (non-hydrogen) atoms. The monoisotopic (exact) mass is 275 g/mol. The van der Waals surface area contributed by atoms with Crippen molar-refractivity contribution in [1.82, 2.24) is 5.32 Å². The third kappa shape index (κ3) is 2.76. The Hall–Kier alpha value is -1.65. The van der Waals surface area contributed by atoms with Gasteiger partial charge in [-0.25, -0.2) is 4.39 Å². The third-order valence-electron chi connectivity index (χ3n) is 3.69. The van der Waals surface area contributed by atoms with Gasteiger partial charge in [-0.1, -0.05) is 12.1 Å². The van der Waals surface area contributed by atoms with Crippen molar-refractivity contribution in [3.63, 3.8) is 0 Å². The first-order valence-corrected chi connectivity index (χ1v) is 6.89. The van der Waals surface area contributed by atoms with E-state index < -0.39 is 0 Å². The summed E-state index contributed by atoms with van der Waals surface area (Å²) in [5, 5.41) is 3.40. The summed E-state index contributed by atoms with van der Waals surface area (Å²) in [6.45, 7) is 4.02. The van der Waals surface area contributed by atoms with Crippen molar-refractivity contribution in [3.05, 3.63) is 47.5 Å². The third-order valence-corrected chi connectivity index (χ3v) is 3.69. The Labute approximate surface area is 117 Å². The first-order chi connectivity index (χ1) is 9.74. The van der Waals surface area contributed by atoms with Gasteiger partial charge in [-0.15, -0.1) is 0 Å². The smallest absolute Gasteiger partial charge is 0.134 e. The van der Waals surface area contributed by atoms with E-state index in [-0.39, 0.29) is 5.82 Å². The zero-order valence-electron chi connectivity index (χ0n) is 11.5. The molecule has 0 aliphatic carbocycles. The van der Waals surface area contributed by atoms with E-state index in [0.29, 0.717) is 23.9 Å². The highest BCUT2D eigenvalue weighted by Gasteiger charge is 2.15. The van der Waals surface area contributed by atoms with Crippen LogP contribution in [0, 0.1) is 12.7 Å². The van der Waals surface area contributed by atoms with Gasteiger partial charge in [0.15, 0.2) is 0 Å². The molecule has 2 heterocycles. The summed E-state index contributed by atoms with van der Waals surface area (Å²) >= 11 is 0. The van der Waals surface area contributed by atoms with E-state index in [1.165, 1.54) is 6.07 Å². The van der Waals surface area contributed by atoms with Gasteiger partial charge in [0.25, 0.3) is 0 Å². The fraction of sp³-hybridized carbons (Fsp3) is 0.375. The van der Waals surface area contributed by atoms with Gasteiger partial charge >= 0.3 is 0 Å². The summed E-state index contributed by atoms with van der Waals surface area (Å²) in [6, 6.07) is 9.27. The zero-order valence-corrected chi connectivity index (χ0v) is 11.5. The highest BCUT2D eigenvalue weighted by atomic mass is 19.1. The Morgan fingerprint density at radius 2 is 2.20 bits per heavy atom. The Morgan fingerprint density at radius 1 is 1.30 bits per heavy atom. The second-order valence-electron chi connectivity index (χ2n) is 5.12. The predicted molar refractivity (Wildman–Crippen MR) is 74.9 cm³/mol. The van der Waals surface area contributed by atoms with Crippen molar-refractivity contribution in [2.24, 2.45) is 0 Å². The molecular formula is C16H18FNO2. The summed E-state index contributed by atoms with van der Waals surface area (Å²) in [5.41, 5.74) is 1.42. The van der Waals surface area contributed by atoms with Crippen molar-refractivity contribution in [2.45, 2.75) is 25.9 Å². The number of ether oxygens (including phenoxy) is 1. The van der Waals surface area contributed by atoms with Gasteiger partial charge in [0.2, 0.25) is 0 Å². The van der Waals surface area contributed by atoms with Gasteiger partial charge in [0, 0.05) is 18.2 Å². The van der Waals surface area contributed by atoms with Crippen LogP contribution < -0.4 is 5.32 Å². The SMILES string of the molecule is Cc1c(F)cccc1-c1ccc(CN[C@@H]2CCOC2)o1. The first-order valence-electron chi connectivity index (χ1n) is 6.89. The van der Waals surface area contributed by atoms with Crippen LogP contribution in [-0.2, 0) is 11.3 Å². The van der Waals surface area contributed by atoms with Crippen LogP contribution in [0.3, 0.4) is 0 Å². The van der Waals surface area contributed by atoms with E-state index in [1.54, 1.807) is 13.0 Å². The number of halogens is 1. The normalized spacial score (nSPS) is 18.6. The standard InChI is InChI=1S/C16H18FNO2/c1-11-14(3-2-4-15(11)17)16-6-5-13(20-16)9-18-12-7-8-19-10-12/h2-6,12,18H,7-10H2,1H3/t12-/m1/s1. The van der Waals surface area contributed by atoms with Crippen molar-refractivity contribution in [3.8, 4) is 11.3 Å².